The van der Waals surface area contributed by atoms with Crippen LogP contribution in [-0.4, -0.2) is 6.17 Å². The molecule has 0 aromatic heterocycles. The van der Waals surface area contributed by atoms with E-state index in [-0.39, 0.29) is 5.56 Å². The summed E-state index contributed by atoms with van der Waals surface area (Å²) in [5.74, 6) is -4.10. The number of hydrogen-bond acceptors (Lipinski definition) is 1. The molecule has 0 saturated heterocycles. The lowest BCUT2D eigenvalue weighted by molar-refractivity contribution is -0.221. The highest BCUT2D eigenvalue weighted by molar-refractivity contribution is 5.64. The van der Waals surface area contributed by atoms with Crippen molar-refractivity contribution in [1.82, 2.24) is 0 Å². The normalized spacial score (nSPS) is 17.1. The van der Waals surface area contributed by atoms with Gasteiger partial charge in [0.2, 0.25) is 0 Å². The van der Waals surface area contributed by atoms with Crippen molar-refractivity contribution in [2.75, 3.05) is 0 Å². The van der Waals surface area contributed by atoms with Crippen molar-refractivity contribution in [3.8, 4) is 23.0 Å². The zero-order valence-electron chi connectivity index (χ0n) is 20.8. The van der Waals surface area contributed by atoms with Gasteiger partial charge in [-0.1, -0.05) is 61.6 Å². The highest BCUT2D eigenvalue weighted by atomic mass is 19.3. The molecular formula is C31H23F7O. The molecule has 0 radical (unpaired) electrons. The monoisotopic (exact) mass is 544 g/mol. The number of halogens is 7. The van der Waals surface area contributed by atoms with Crippen molar-refractivity contribution in [1.29, 1.82) is 0 Å². The van der Waals surface area contributed by atoms with Crippen molar-refractivity contribution in [3.63, 3.8) is 0 Å². The van der Waals surface area contributed by atoms with Crippen molar-refractivity contribution in [2.24, 2.45) is 5.92 Å². The highest BCUT2D eigenvalue weighted by Crippen LogP contribution is 2.37. The van der Waals surface area contributed by atoms with E-state index in [9.17, 15) is 30.7 Å². The van der Waals surface area contributed by atoms with Crippen molar-refractivity contribution < 1.29 is 35.5 Å². The van der Waals surface area contributed by atoms with E-state index < -0.39 is 52.8 Å². The summed E-state index contributed by atoms with van der Waals surface area (Å²) < 4.78 is 103. The maximum atomic E-state index is 14.8. The van der Waals surface area contributed by atoms with Crippen LogP contribution in [0.5, 0.6) is 0 Å². The predicted molar refractivity (Wildman–Crippen MR) is 134 cm³/mol. The lowest BCUT2D eigenvalue weighted by Gasteiger charge is -2.23. The molecule has 3 aromatic carbocycles. The van der Waals surface area contributed by atoms with Crippen LogP contribution in [0.1, 0.15) is 36.5 Å². The number of hydrogen-bond donors (Lipinski definition) is 0. The van der Waals surface area contributed by atoms with Gasteiger partial charge in [-0.2, -0.15) is 8.78 Å². The summed E-state index contributed by atoms with van der Waals surface area (Å²) in [6.45, 7) is 2.11. The summed E-state index contributed by atoms with van der Waals surface area (Å²) in [6.07, 6.45) is -1.75. The Hall–Kier alpha value is -3.99. The van der Waals surface area contributed by atoms with Crippen molar-refractivity contribution in [2.45, 2.75) is 38.5 Å². The maximum absolute atomic E-state index is 14.8. The van der Waals surface area contributed by atoms with Gasteiger partial charge < -0.3 is 4.74 Å². The van der Waals surface area contributed by atoms with Crippen LogP contribution >= 0.6 is 0 Å². The number of aryl methyl sites for hydroxylation is 1. The second kappa shape index (κ2) is 11.8. The first-order chi connectivity index (χ1) is 18.6. The fraction of sp³-hybridized carbons (Fsp3) is 0.226. The zero-order chi connectivity index (χ0) is 28.2. The molecule has 0 saturated carbocycles. The Morgan fingerprint density at radius 1 is 0.872 bits per heavy atom. The van der Waals surface area contributed by atoms with Crippen LogP contribution in [0, 0.1) is 35.2 Å². The van der Waals surface area contributed by atoms with E-state index in [1.165, 1.54) is 29.8 Å². The molecule has 0 spiro atoms. The molecule has 202 valence electrons. The molecule has 8 heteroatoms. The topological polar surface area (TPSA) is 9.23 Å². The quantitative estimate of drug-likeness (QED) is 0.164. The minimum atomic E-state index is -3.90. The highest BCUT2D eigenvalue weighted by Gasteiger charge is 2.37. The van der Waals surface area contributed by atoms with Crippen LogP contribution < -0.4 is 0 Å². The van der Waals surface area contributed by atoms with E-state index in [4.69, 9.17) is 0 Å². The number of allylic oxidation sites excluding steroid dienone is 3. The van der Waals surface area contributed by atoms with Crippen LogP contribution in [-0.2, 0) is 17.3 Å². The van der Waals surface area contributed by atoms with Gasteiger partial charge in [0.15, 0.2) is 17.5 Å². The molecule has 2 atom stereocenters. The number of rotatable bonds is 7. The summed E-state index contributed by atoms with van der Waals surface area (Å²) in [5, 5.41) is 0. The Morgan fingerprint density at radius 2 is 1.46 bits per heavy atom. The van der Waals surface area contributed by atoms with Gasteiger partial charge in [-0.3, -0.25) is 0 Å². The van der Waals surface area contributed by atoms with E-state index in [1.807, 2.05) is 24.3 Å². The van der Waals surface area contributed by atoms with E-state index in [0.717, 1.165) is 24.8 Å². The van der Waals surface area contributed by atoms with Gasteiger partial charge in [0.25, 0.3) is 0 Å². The van der Waals surface area contributed by atoms with Crippen LogP contribution in [0.2, 0.25) is 0 Å². The molecule has 0 fully saturated rings. The fourth-order valence-electron chi connectivity index (χ4n) is 3.99. The average molecular weight is 545 g/mol. The van der Waals surface area contributed by atoms with Gasteiger partial charge in [0.05, 0.1) is 5.56 Å². The van der Waals surface area contributed by atoms with E-state index >= 15 is 0 Å². The second-order valence-electron chi connectivity index (χ2n) is 9.04. The molecule has 4 rings (SSSR count). The third-order valence-electron chi connectivity index (χ3n) is 6.15. The van der Waals surface area contributed by atoms with E-state index in [2.05, 4.69) is 23.5 Å². The van der Waals surface area contributed by atoms with Crippen molar-refractivity contribution in [3.05, 3.63) is 119 Å². The Labute approximate surface area is 221 Å². The number of benzene rings is 3. The molecule has 0 aliphatic heterocycles. The average Bonchev–Trinajstić information content (AvgIpc) is 2.90. The van der Waals surface area contributed by atoms with Gasteiger partial charge in [0.1, 0.15) is 23.7 Å². The summed E-state index contributed by atoms with van der Waals surface area (Å²) >= 11 is 0. The summed E-state index contributed by atoms with van der Waals surface area (Å²) in [4.78, 5) is 0. The van der Waals surface area contributed by atoms with Crippen LogP contribution in [0.15, 0.2) is 84.4 Å². The molecule has 0 bridgehead atoms. The molecule has 1 nitrogen and oxygen atoms in total. The first-order valence-corrected chi connectivity index (χ1v) is 12.2. The van der Waals surface area contributed by atoms with Gasteiger partial charge in [-0.25, -0.2) is 22.0 Å². The van der Waals surface area contributed by atoms with Gasteiger partial charge in [-0.15, -0.1) is 0 Å². The summed E-state index contributed by atoms with van der Waals surface area (Å²) in [6, 6.07) is 14.3. The first-order valence-electron chi connectivity index (χ1n) is 12.2. The summed E-state index contributed by atoms with van der Waals surface area (Å²) in [5.41, 5.74) is 1.89. The number of ether oxygens (including phenoxy) is 1. The lowest BCUT2D eigenvalue weighted by atomic mass is 9.96. The minimum absolute atomic E-state index is 0.347. The number of unbranched alkanes of at least 4 members (excludes halogenated alkanes) is 1. The Morgan fingerprint density at radius 3 is 2.03 bits per heavy atom. The van der Waals surface area contributed by atoms with Gasteiger partial charge in [0, 0.05) is 11.6 Å². The molecule has 1 aliphatic rings. The fourth-order valence-corrected chi connectivity index (χ4v) is 3.99. The van der Waals surface area contributed by atoms with Crippen molar-refractivity contribution >= 4 is 0 Å². The Kier molecular flexibility index (Phi) is 8.49. The standard InChI is InChI=1S/C31H23F7O/c1-2-3-4-19-5-8-21(9-6-19)22-10-12-23(13-11-22)31(37,38)39-24-17-26(32)25(27(33)18-24)14-7-20-15-28(34)30(36)29(35)16-20/h5-6,8-13,15-18,25-26H,2-4H2,1H3. The molecule has 0 N–H and O–H groups in total. The molecule has 2 unspecified atom stereocenters. The largest absolute Gasteiger partial charge is 0.429 e. The molecule has 0 heterocycles. The SMILES string of the molecule is CCCCc1ccc(-c2ccc(C(F)(F)OC3=CC(F)C(C#Cc4cc(F)c(F)c(F)c4)C(F)=C3)cc2)cc1. The van der Waals surface area contributed by atoms with Crippen LogP contribution in [0.3, 0.4) is 0 Å². The van der Waals surface area contributed by atoms with Crippen LogP contribution in [0.4, 0.5) is 30.7 Å². The molecule has 39 heavy (non-hydrogen) atoms. The lowest BCUT2D eigenvalue weighted by Crippen LogP contribution is -2.22. The van der Waals surface area contributed by atoms with E-state index in [1.54, 1.807) is 0 Å². The summed E-state index contributed by atoms with van der Waals surface area (Å²) in [7, 11) is 0. The molecular weight excluding hydrogens is 521 g/mol. The Bertz CT molecular complexity index is 1420. The van der Waals surface area contributed by atoms with Gasteiger partial charge >= 0.3 is 6.11 Å². The third-order valence-corrected chi connectivity index (χ3v) is 6.15. The Balaban J connectivity index is 1.44. The minimum Gasteiger partial charge on any atom is -0.429 e. The second-order valence-corrected chi connectivity index (χ2v) is 9.04. The predicted octanol–water partition coefficient (Wildman–Crippen LogP) is 8.94. The third kappa shape index (κ3) is 6.72. The first kappa shape index (κ1) is 28.0. The smallest absolute Gasteiger partial charge is 0.426 e. The van der Waals surface area contributed by atoms with Crippen LogP contribution in [0.25, 0.3) is 11.1 Å². The maximum Gasteiger partial charge on any atom is 0.426 e. The molecule has 1 aliphatic carbocycles. The zero-order valence-corrected chi connectivity index (χ0v) is 20.8. The van der Waals surface area contributed by atoms with Gasteiger partial charge in [-0.05, 0) is 59.9 Å². The number of alkyl halides is 3. The van der Waals surface area contributed by atoms with E-state index in [0.29, 0.717) is 29.8 Å². The molecule has 0 amide bonds. The molecule has 3 aromatic rings.